The highest BCUT2D eigenvalue weighted by Crippen LogP contribution is 2.41. The van der Waals surface area contributed by atoms with E-state index in [1.807, 2.05) is 41.3 Å². The molecular formula is C35H32N2O7. The number of methoxy groups -OCH3 is 1. The molecular weight excluding hydrogens is 560 g/mol. The van der Waals surface area contributed by atoms with Crippen LogP contribution in [-0.2, 0) is 6.42 Å². The van der Waals surface area contributed by atoms with E-state index in [1.54, 1.807) is 37.4 Å². The molecule has 0 saturated carbocycles. The van der Waals surface area contributed by atoms with Crippen LogP contribution in [0.25, 0.3) is 0 Å². The molecule has 0 radical (unpaired) electrons. The van der Waals surface area contributed by atoms with Crippen LogP contribution in [0.1, 0.15) is 67.2 Å². The van der Waals surface area contributed by atoms with Crippen molar-refractivity contribution in [3.8, 4) is 28.7 Å². The lowest BCUT2D eigenvalue weighted by molar-refractivity contribution is 0.0693. The highest BCUT2D eigenvalue weighted by molar-refractivity contribution is 5.98. The number of nitrogens with one attached hydrogen (secondary N) is 1. The van der Waals surface area contributed by atoms with Gasteiger partial charge in [-0.15, -0.1) is 0 Å². The second-order valence-corrected chi connectivity index (χ2v) is 10.8. The van der Waals surface area contributed by atoms with Gasteiger partial charge in [-0.2, -0.15) is 0 Å². The molecule has 0 spiro atoms. The molecule has 3 heterocycles. The summed E-state index contributed by atoms with van der Waals surface area (Å²) in [6, 6.07) is 22.3. The van der Waals surface area contributed by atoms with Gasteiger partial charge in [0.25, 0.3) is 11.8 Å². The van der Waals surface area contributed by atoms with Gasteiger partial charge in [0.05, 0.1) is 25.3 Å². The molecule has 9 heteroatoms. The third-order valence-corrected chi connectivity index (χ3v) is 7.96. The Morgan fingerprint density at radius 1 is 0.955 bits per heavy atom. The average molecular weight is 593 g/mol. The molecule has 7 rings (SSSR count). The molecule has 3 aliphatic heterocycles. The molecule has 0 aromatic heterocycles. The van der Waals surface area contributed by atoms with Gasteiger partial charge in [0, 0.05) is 24.2 Å². The third kappa shape index (κ3) is 5.68. The summed E-state index contributed by atoms with van der Waals surface area (Å²) in [5, 5.41) is 13.1. The van der Waals surface area contributed by atoms with E-state index >= 15 is 0 Å². The number of aromatic hydroxyl groups is 1. The fourth-order valence-corrected chi connectivity index (χ4v) is 5.68. The van der Waals surface area contributed by atoms with E-state index in [-0.39, 0.29) is 23.0 Å². The summed E-state index contributed by atoms with van der Waals surface area (Å²) in [4.78, 5) is 40.5. The number of phenols is 1. The minimum atomic E-state index is -0.431. The van der Waals surface area contributed by atoms with Gasteiger partial charge in [-0.1, -0.05) is 24.3 Å². The number of ketones is 1. The third-order valence-electron chi connectivity index (χ3n) is 7.96. The number of carbonyl (C=O) groups excluding carboxylic acids is 3. The molecule has 4 aromatic rings. The number of phenolic OH excluding ortho intramolecular Hbond substituents is 1. The lowest BCUT2D eigenvalue weighted by Crippen LogP contribution is -2.40. The quantitative estimate of drug-likeness (QED) is 0.294. The number of hydrogen-bond acceptors (Lipinski definition) is 7. The van der Waals surface area contributed by atoms with Gasteiger partial charge in [0.1, 0.15) is 17.2 Å². The number of benzene rings is 4. The van der Waals surface area contributed by atoms with Crippen molar-refractivity contribution >= 4 is 17.6 Å². The van der Waals surface area contributed by atoms with E-state index in [4.69, 9.17) is 14.2 Å². The largest absolute Gasteiger partial charge is 0.507 e. The molecule has 1 atom stereocenters. The van der Waals surface area contributed by atoms with Crippen molar-refractivity contribution in [3.05, 3.63) is 112 Å². The Labute approximate surface area is 255 Å². The summed E-state index contributed by atoms with van der Waals surface area (Å²) in [6.07, 6.45) is 1.09. The number of hydrogen-bond donors (Lipinski definition) is 2. The molecule has 44 heavy (non-hydrogen) atoms. The molecule has 3 aliphatic rings. The zero-order chi connectivity index (χ0) is 30.8. The van der Waals surface area contributed by atoms with Gasteiger partial charge in [0.2, 0.25) is 0 Å². The lowest BCUT2D eigenvalue weighted by atomic mass is 9.87. The van der Waals surface area contributed by atoms with Gasteiger partial charge in [0.15, 0.2) is 17.3 Å². The van der Waals surface area contributed by atoms with E-state index in [9.17, 15) is 19.5 Å². The standard InChI is InChI=1S/C35H32N2O7/c1-21(38)22-4-6-23(7-5-22)35(41)37-16-14-24-18-26-9-11-28(24)33(37)25-8-13-31(42-2)32(19-25)43-17-3-15-36-34(40)29-20-27(44-26)10-12-30(29)39/h4-13,18-20,33,39H,3,14-17H2,1-2H3,(H,36,40). The van der Waals surface area contributed by atoms with Crippen molar-refractivity contribution in [1.82, 2.24) is 10.2 Å². The smallest absolute Gasteiger partial charge is 0.255 e. The summed E-state index contributed by atoms with van der Waals surface area (Å²) in [5.41, 5.74) is 3.96. The normalized spacial score (nSPS) is 16.1. The van der Waals surface area contributed by atoms with Crippen LogP contribution < -0.4 is 19.5 Å². The zero-order valence-electron chi connectivity index (χ0n) is 24.5. The average Bonchev–Trinajstić information content (AvgIpc) is 3.04. The predicted molar refractivity (Wildman–Crippen MR) is 163 cm³/mol. The van der Waals surface area contributed by atoms with Crippen LogP contribution >= 0.6 is 0 Å². The Balaban J connectivity index is 1.44. The van der Waals surface area contributed by atoms with Crippen molar-refractivity contribution in [2.24, 2.45) is 0 Å². The van der Waals surface area contributed by atoms with Gasteiger partial charge in [-0.25, -0.2) is 0 Å². The van der Waals surface area contributed by atoms with Gasteiger partial charge < -0.3 is 29.5 Å². The van der Waals surface area contributed by atoms with Gasteiger partial charge in [-0.3, -0.25) is 14.4 Å². The Morgan fingerprint density at radius 2 is 1.70 bits per heavy atom. The number of fused-ring (bicyclic) bond motifs is 6. The van der Waals surface area contributed by atoms with Crippen LogP contribution in [0, 0.1) is 0 Å². The van der Waals surface area contributed by atoms with E-state index in [0.29, 0.717) is 66.7 Å². The Bertz CT molecular complexity index is 1750. The minimum absolute atomic E-state index is 0.0607. The van der Waals surface area contributed by atoms with E-state index in [2.05, 4.69) is 5.32 Å². The summed E-state index contributed by atoms with van der Waals surface area (Å²) in [5.74, 6) is 1.28. The molecule has 0 fully saturated rings. The zero-order valence-corrected chi connectivity index (χ0v) is 24.5. The highest BCUT2D eigenvalue weighted by atomic mass is 16.5. The first-order chi connectivity index (χ1) is 21.3. The first-order valence-corrected chi connectivity index (χ1v) is 14.5. The van der Waals surface area contributed by atoms with Crippen molar-refractivity contribution in [3.63, 3.8) is 0 Å². The van der Waals surface area contributed by atoms with E-state index in [0.717, 1.165) is 16.7 Å². The van der Waals surface area contributed by atoms with E-state index in [1.165, 1.54) is 19.1 Å². The van der Waals surface area contributed by atoms with Crippen molar-refractivity contribution in [2.75, 3.05) is 26.8 Å². The van der Waals surface area contributed by atoms with E-state index < -0.39 is 11.9 Å². The van der Waals surface area contributed by atoms with Gasteiger partial charge >= 0.3 is 0 Å². The lowest BCUT2D eigenvalue weighted by Gasteiger charge is -2.38. The van der Waals surface area contributed by atoms with Crippen molar-refractivity contribution in [1.29, 1.82) is 0 Å². The maximum atomic E-state index is 14.0. The van der Waals surface area contributed by atoms with Crippen LogP contribution in [0.2, 0.25) is 0 Å². The van der Waals surface area contributed by atoms with Crippen LogP contribution in [0.4, 0.5) is 0 Å². The minimum Gasteiger partial charge on any atom is -0.507 e. The maximum absolute atomic E-state index is 14.0. The summed E-state index contributed by atoms with van der Waals surface area (Å²) in [7, 11) is 1.57. The fraction of sp³-hybridized carbons (Fsp3) is 0.229. The number of nitrogens with zero attached hydrogens (tertiary/aromatic N) is 1. The number of rotatable bonds is 3. The topological polar surface area (TPSA) is 114 Å². The Hall–Kier alpha value is -5.31. The monoisotopic (exact) mass is 592 g/mol. The molecule has 2 N–H and O–H groups in total. The SMILES string of the molecule is COc1ccc2cc1OCCCNC(=O)c1cc(ccc1O)Oc1ccc3c(c1)CCN(C(=O)c1ccc(C(C)=O)cc1)C23. The fourth-order valence-electron chi connectivity index (χ4n) is 5.68. The van der Waals surface area contributed by atoms with Crippen molar-refractivity contribution in [2.45, 2.75) is 25.8 Å². The first kappa shape index (κ1) is 28.8. The number of ether oxygens (including phenoxy) is 3. The maximum Gasteiger partial charge on any atom is 0.255 e. The second kappa shape index (κ2) is 12.1. The number of carbonyl (C=O) groups is 3. The Morgan fingerprint density at radius 3 is 2.48 bits per heavy atom. The summed E-state index contributed by atoms with van der Waals surface area (Å²) in [6.45, 7) is 2.56. The van der Waals surface area contributed by atoms with Crippen LogP contribution in [0.3, 0.4) is 0 Å². The molecule has 1 unspecified atom stereocenters. The molecule has 4 aromatic carbocycles. The van der Waals surface area contributed by atoms with Crippen LogP contribution in [-0.4, -0.2) is 54.4 Å². The highest BCUT2D eigenvalue weighted by Gasteiger charge is 2.33. The molecule has 0 saturated heterocycles. The molecule has 2 amide bonds. The van der Waals surface area contributed by atoms with Crippen LogP contribution in [0.5, 0.6) is 28.7 Å². The molecule has 9 nitrogen and oxygen atoms in total. The summed E-state index contributed by atoms with van der Waals surface area (Å²) >= 11 is 0. The van der Waals surface area contributed by atoms with Crippen LogP contribution in [0.15, 0.2) is 78.9 Å². The number of amides is 2. The number of Topliss-reactive ketones (excluding diaryl/α,β-unsaturated/α-hetero) is 1. The Kier molecular flexibility index (Phi) is 7.93. The molecule has 0 aliphatic carbocycles. The predicted octanol–water partition coefficient (Wildman–Crippen LogP) is 5.70. The van der Waals surface area contributed by atoms with Crippen molar-refractivity contribution < 1.29 is 33.7 Å². The molecule has 8 bridgehead atoms. The summed E-state index contributed by atoms with van der Waals surface area (Å²) < 4.78 is 17.8. The second-order valence-electron chi connectivity index (χ2n) is 10.8. The first-order valence-electron chi connectivity index (χ1n) is 14.5. The molecule has 224 valence electrons. The van der Waals surface area contributed by atoms with Gasteiger partial charge in [-0.05, 0) is 91.1 Å².